The quantitative estimate of drug-likeness (QED) is 0.170. The molecule has 0 atom stereocenters. The van der Waals surface area contributed by atoms with Crippen LogP contribution in [0.2, 0.25) is 0 Å². The molecular formula is C17H23F2IN4OS2. The standard InChI is InChI=1S/C17H22F2N4OS2.HI/c1-20-16(21-8-3-10-25-17-22-9-11-26-17)23(2)12-13-4-6-14(7-5-13)24-15(18)19;/h4-7,9,11,15H,3,8,10,12H2,1-2H3,(H,20,21);1H. The molecule has 27 heavy (non-hydrogen) atoms. The second-order valence-electron chi connectivity index (χ2n) is 5.35. The highest BCUT2D eigenvalue weighted by molar-refractivity contribution is 14.0. The third kappa shape index (κ3) is 9.06. The van der Waals surface area contributed by atoms with Crippen LogP contribution in [-0.2, 0) is 6.54 Å². The Morgan fingerprint density at radius 3 is 2.70 bits per heavy atom. The molecule has 0 aliphatic rings. The number of hydrogen-bond acceptors (Lipinski definition) is 5. The molecule has 0 saturated carbocycles. The number of rotatable bonds is 9. The number of thioether (sulfide) groups is 1. The van der Waals surface area contributed by atoms with Gasteiger partial charge in [-0.2, -0.15) is 8.78 Å². The van der Waals surface area contributed by atoms with E-state index in [2.05, 4.69) is 20.0 Å². The van der Waals surface area contributed by atoms with Crippen LogP contribution in [-0.4, -0.2) is 48.8 Å². The number of guanidine groups is 1. The molecule has 0 fully saturated rings. The molecule has 1 heterocycles. The predicted molar refractivity (Wildman–Crippen MR) is 119 cm³/mol. The summed E-state index contributed by atoms with van der Waals surface area (Å²) >= 11 is 3.40. The molecular weight excluding hydrogens is 505 g/mol. The predicted octanol–water partition coefficient (Wildman–Crippen LogP) is 4.55. The number of alkyl halides is 2. The van der Waals surface area contributed by atoms with Crippen LogP contribution >= 0.6 is 47.1 Å². The van der Waals surface area contributed by atoms with Crippen LogP contribution in [0.3, 0.4) is 0 Å². The average Bonchev–Trinajstić information content (AvgIpc) is 3.12. The van der Waals surface area contributed by atoms with Crippen molar-refractivity contribution in [1.82, 2.24) is 15.2 Å². The van der Waals surface area contributed by atoms with E-state index in [1.165, 1.54) is 0 Å². The first-order valence-electron chi connectivity index (χ1n) is 8.06. The van der Waals surface area contributed by atoms with Crippen molar-refractivity contribution < 1.29 is 13.5 Å². The van der Waals surface area contributed by atoms with E-state index in [1.807, 2.05) is 23.5 Å². The van der Waals surface area contributed by atoms with E-state index >= 15 is 0 Å². The summed E-state index contributed by atoms with van der Waals surface area (Å²) in [5.74, 6) is 1.94. The second kappa shape index (κ2) is 13.1. The first-order chi connectivity index (χ1) is 12.6. The van der Waals surface area contributed by atoms with E-state index in [9.17, 15) is 8.78 Å². The van der Waals surface area contributed by atoms with Crippen LogP contribution in [0, 0.1) is 0 Å². The molecule has 150 valence electrons. The summed E-state index contributed by atoms with van der Waals surface area (Å²) in [6, 6.07) is 6.63. The van der Waals surface area contributed by atoms with E-state index in [0.717, 1.165) is 34.6 Å². The van der Waals surface area contributed by atoms with Crippen molar-refractivity contribution in [3.05, 3.63) is 41.4 Å². The summed E-state index contributed by atoms with van der Waals surface area (Å²) in [4.78, 5) is 10.5. The number of hydrogen-bond donors (Lipinski definition) is 1. The van der Waals surface area contributed by atoms with Crippen LogP contribution in [0.1, 0.15) is 12.0 Å². The maximum Gasteiger partial charge on any atom is 0.387 e. The summed E-state index contributed by atoms with van der Waals surface area (Å²) < 4.78 is 29.8. The molecule has 1 aromatic carbocycles. The van der Waals surface area contributed by atoms with E-state index in [1.54, 1.807) is 54.4 Å². The van der Waals surface area contributed by atoms with Gasteiger partial charge in [0.1, 0.15) is 10.1 Å². The fourth-order valence-electron chi connectivity index (χ4n) is 2.22. The highest BCUT2D eigenvalue weighted by Crippen LogP contribution is 2.20. The van der Waals surface area contributed by atoms with Gasteiger partial charge in [-0.15, -0.1) is 35.3 Å². The van der Waals surface area contributed by atoms with Crippen LogP contribution in [0.15, 0.2) is 45.2 Å². The van der Waals surface area contributed by atoms with Crippen molar-refractivity contribution in [3.8, 4) is 5.75 Å². The van der Waals surface area contributed by atoms with Crippen molar-refractivity contribution in [2.24, 2.45) is 4.99 Å². The van der Waals surface area contributed by atoms with Gasteiger partial charge in [0.25, 0.3) is 0 Å². The number of nitrogens with zero attached hydrogens (tertiary/aromatic N) is 3. The highest BCUT2D eigenvalue weighted by atomic mass is 127. The minimum absolute atomic E-state index is 0. The first-order valence-corrected chi connectivity index (χ1v) is 9.93. The van der Waals surface area contributed by atoms with Gasteiger partial charge in [-0.25, -0.2) is 4.98 Å². The topological polar surface area (TPSA) is 49.8 Å². The average molecular weight is 528 g/mol. The van der Waals surface area contributed by atoms with E-state index in [4.69, 9.17) is 0 Å². The summed E-state index contributed by atoms with van der Waals surface area (Å²) in [5.41, 5.74) is 0.983. The van der Waals surface area contributed by atoms with Gasteiger partial charge in [-0.1, -0.05) is 23.9 Å². The van der Waals surface area contributed by atoms with Gasteiger partial charge in [0.05, 0.1) is 0 Å². The largest absolute Gasteiger partial charge is 0.435 e. The lowest BCUT2D eigenvalue weighted by Crippen LogP contribution is -2.39. The molecule has 10 heteroatoms. The molecule has 2 rings (SSSR count). The molecule has 1 aromatic heterocycles. The fourth-order valence-corrected chi connectivity index (χ4v) is 3.87. The zero-order valence-electron chi connectivity index (χ0n) is 15.1. The Hall–Kier alpha value is -1.14. The summed E-state index contributed by atoms with van der Waals surface area (Å²) in [6.07, 6.45) is 2.81. The third-order valence-electron chi connectivity index (χ3n) is 3.38. The van der Waals surface area contributed by atoms with Gasteiger partial charge in [0.2, 0.25) is 0 Å². The Kier molecular flexibility index (Phi) is 11.6. The number of aromatic nitrogens is 1. The SMILES string of the molecule is CN=C(NCCCSc1nccs1)N(C)Cc1ccc(OC(F)F)cc1.I. The van der Waals surface area contributed by atoms with Gasteiger partial charge in [-0.3, -0.25) is 4.99 Å². The van der Waals surface area contributed by atoms with Crippen LogP contribution in [0.4, 0.5) is 8.78 Å². The minimum atomic E-state index is -2.81. The van der Waals surface area contributed by atoms with Crippen LogP contribution in [0.25, 0.3) is 0 Å². The van der Waals surface area contributed by atoms with Gasteiger partial charge < -0.3 is 15.0 Å². The van der Waals surface area contributed by atoms with Gasteiger partial charge in [0.15, 0.2) is 5.96 Å². The lowest BCUT2D eigenvalue weighted by molar-refractivity contribution is -0.0498. The summed E-state index contributed by atoms with van der Waals surface area (Å²) in [7, 11) is 3.67. The van der Waals surface area contributed by atoms with Gasteiger partial charge in [0, 0.05) is 44.5 Å². The van der Waals surface area contributed by atoms with Crippen molar-refractivity contribution in [2.75, 3.05) is 26.4 Å². The molecule has 0 aliphatic heterocycles. The zero-order chi connectivity index (χ0) is 18.8. The van der Waals surface area contributed by atoms with Gasteiger partial charge in [-0.05, 0) is 24.1 Å². The Labute approximate surface area is 183 Å². The van der Waals surface area contributed by atoms with E-state index < -0.39 is 6.61 Å². The highest BCUT2D eigenvalue weighted by Gasteiger charge is 2.08. The lowest BCUT2D eigenvalue weighted by atomic mass is 10.2. The van der Waals surface area contributed by atoms with Crippen LogP contribution in [0.5, 0.6) is 5.75 Å². The second-order valence-corrected chi connectivity index (χ2v) is 7.59. The maximum atomic E-state index is 12.2. The monoisotopic (exact) mass is 528 g/mol. The molecule has 0 spiro atoms. The molecule has 0 aliphatic carbocycles. The molecule has 0 unspecified atom stereocenters. The molecule has 0 saturated heterocycles. The Balaban J connectivity index is 0.00000364. The Morgan fingerprint density at radius 2 is 2.11 bits per heavy atom. The number of halogens is 3. The normalized spacial score (nSPS) is 11.2. The number of ether oxygens (including phenoxy) is 1. The van der Waals surface area contributed by atoms with E-state index in [-0.39, 0.29) is 29.7 Å². The summed E-state index contributed by atoms with van der Waals surface area (Å²) in [6.45, 7) is -1.38. The number of nitrogens with one attached hydrogen (secondary N) is 1. The third-order valence-corrected chi connectivity index (χ3v) is 5.43. The summed E-state index contributed by atoms with van der Waals surface area (Å²) in [5, 5.41) is 5.30. The number of aliphatic imine (C=N–C) groups is 1. The zero-order valence-corrected chi connectivity index (χ0v) is 19.1. The van der Waals surface area contributed by atoms with Crippen molar-refractivity contribution in [3.63, 3.8) is 0 Å². The van der Waals surface area contributed by atoms with Crippen molar-refractivity contribution in [1.29, 1.82) is 0 Å². The molecule has 1 N–H and O–H groups in total. The molecule has 0 bridgehead atoms. The van der Waals surface area contributed by atoms with Gasteiger partial charge >= 0.3 is 6.61 Å². The molecule has 0 amide bonds. The molecule has 5 nitrogen and oxygen atoms in total. The minimum Gasteiger partial charge on any atom is -0.435 e. The lowest BCUT2D eigenvalue weighted by Gasteiger charge is -2.22. The fraction of sp³-hybridized carbons (Fsp3) is 0.412. The molecule has 2 aromatic rings. The van der Waals surface area contributed by atoms with Crippen molar-refractivity contribution >= 4 is 53.0 Å². The first kappa shape index (κ1) is 23.9. The molecule has 0 radical (unpaired) electrons. The smallest absolute Gasteiger partial charge is 0.387 e. The Bertz CT molecular complexity index is 672. The van der Waals surface area contributed by atoms with E-state index in [0.29, 0.717) is 6.54 Å². The van der Waals surface area contributed by atoms with Crippen LogP contribution < -0.4 is 10.1 Å². The van der Waals surface area contributed by atoms with Crippen molar-refractivity contribution in [2.45, 2.75) is 23.9 Å². The maximum absolute atomic E-state index is 12.2. The number of thiazole rings is 1. The Morgan fingerprint density at radius 1 is 1.37 bits per heavy atom. The number of benzene rings is 1.